The molecule has 0 radical (unpaired) electrons. The molecule has 1 saturated heterocycles. The number of benzene rings is 2. The van der Waals surface area contributed by atoms with Crippen LogP contribution < -0.4 is 19.7 Å². The van der Waals surface area contributed by atoms with Gasteiger partial charge in [0.1, 0.15) is 0 Å². The Balaban J connectivity index is 1.40. The molecule has 2 aromatic rings. The molecule has 0 spiro atoms. The lowest BCUT2D eigenvalue weighted by molar-refractivity contribution is -0.126. The van der Waals surface area contributed by atoms with E-state index < -0.39 is 0 Å². The van der Waals surface area contributed by atoms with Gasteiger partial charge in [-0.15, -0.1) is 0 Å². The van der Waals surface area contributed by atoms with Gasteiger partial charge in [-0.3, -0.25) is 9.59 Å². The molecule has 0 aliphatic carbocycles. The van der Waals surface area contributed by atoms with E-state index >= 15 is 0 Å². The molecule has 2 amide bonds. The third-order valence-corrected chi connectivity index (χ3v) is 5.34. The Hall–Kier alpha value is -2.73. The van der Waals surface area contributed by atoms with Crippen LogP contribution in [0.1, 0.15) is 17.5 Å². The molecule has 0 saturated carbocycles. The summed E-state index contributed by atoms with van der Waals surface area (Å²) in [5.41, 5.74) is 2.52. The highest BCUT2D eigenvalue weighted by Crippen LogP contribution is 2.33. The average Bonchev–Trinajstić information content (AvgIpc) is 3.28. The summed E-state index contributed by atoms with van der Waals surface area (Å²) in [6.07, 6.45) is 0.193. The smallest absolute Gasteiger partial charge is 0.231 e. The van der Waals surface area contributed by atoms with Crippen molar-refractivity contribution >= 4 is 29.1 Å². The first-order valence-electron chi connectivity index (χ1n) is 8.74. The van der Waals surface area contributed by atoms with E-state index in [0.717, 1.165) is 16.8 Å². The van der Waals surface area contributed by atoms with E-state index in [4.69, 9.17) is 21.1 Å². The molecule has 1 atom stereocenters. The van der Waals surface area contributed by atoms with Crippen molar-refractivity contribution in [2.45, 2.75) is 19.9 Å². The van der Waals surface area contributed by atoms with Crippen molar-refractivity contribution in [3.8, 4) is 11.5 Å². The van der Waals surface area contributed by atoms with E-state index in [2.05, 4.69) is 5.32 Å². The number of carbonyl (C=O) groups excluding carboxylic acids is 2. The number of nitrogens with zero attached hydrogens (tertiary/aromatic N) is 1. The van der Waals surface area contributed by atoms with E-state index in [-0.39, 0.29) is 30.9 Å². The van der Waals surface area contributed by atoms with Gasteiger partial charge in [-0.05, 0) is 42.3 Å². The van der Waals surface area contributed by atoms with Gasteiger partial charge in [0, 0.05) is 30.2 Å². The zero-order valence-electron chi connectivity index (χ0n) is 14.8. The minimum absolute atomic E-state index is 0.0661. The van der Waals surface area contributed by atoms with Crippen LogP contribution in [0.15, 0.2) is 36.4 Å². The number of amides is 2. The van der Waals surface area contributed by atoms with Gasteiger partial charge in [0.25, 0.3) is 0 Å². The van der Waals surface area contributed by atoms with Crippen LogP contribution >= 0.6 is 11.6 Å². The van der Waals surface area contributed by atoms with Crippen LogP contribution in [0.3, 0.4) is 0 Å². The van der Waals surface area contributed by atoms with Crippen molar-refractivity contribution in [1.29, 1.82) is 0 Å². The molecular formula is C20H19ClN2O4. The summed E-state index contributed by atoms with van der Waals surface area (Å²) < 4.78 is 10.6. The predicted octanol–water partition coefficient (Wildman–Crippen LogP) is 3.05. The number of halogens is 1. The highest BCUT2D eigenvalue weighted by Gasteiger charge is 2.35. The first kappa shape index (κ1) is 17.7. The quantitative estimate of drug-likeness (QED) is 0.877. The molecule has 140 valence electrons. The molecule has 2 heterocycles. The summed E-state index contributed by atoms with van der Waals surface area (Å²) in [4.78, 5) is 26.6. The Kier molecular flexibility index (Phi) is 4.66. The third kappa shape index (κ3) is 3.45. The van der Waals surface area contributed by atoms with Gasteiger partial charge < -0.3 is 19.7 Å². The summed E-state index contributed by atoms with van der Waals surface area (Å²) in [5, 5.41) is 3.52. The maximum Gasteiger partial charge on any atom is 0.231 e. The zero-order chi connectivity index (χ0) is 19.0. The predicted molar refractivity (Wildman–Crippen MR) is 101 cm³/mol. The van der Waals surface area contributed by atoms with Crippen LogP contribution in [0.4, 0.5) is 5.69 Å². The summed E-state index contributed by atoms with van der Waals surface area (Å²) in [6.45, 7) is 2.81. The molecule has 2 aliphatic rings. The minimum atomic E-state index is -0.384. The number of carbonyl (C=O) groups is 2. The van der Waals surface area contributed by atoms with Crippen molar-refractivity contribution in [1.82, 2.24) is 5.32 Å². The van der Waals surface area contributed by atoms with E-state index in [0.29, 0.717) is 29.6 Å². The molecule has 1 N–H and O–H groups in total. The van der Waals surface area contributed by atoms with Gasteiger partial charge in [-0.1, -0.05) is 23.7 Å². The second kappa shape index (κ2) is 7.12. The maximum absolute atomic E-state index is 12.6. The fourth-order valence-corrected chi connectivity index (χ4v) is 3.56. The van der Waals surface area contributed by atoms with Crippen molar-refractivity contribution in [2.24, 2.45) is 5.92 Å². The third-order valence-electron chi connectivity index (χ3n) is 4.93. The number of anilines is 1. The Labute approximate surface area is 162 Å². The van der Waals surface area contributed by atoms with E-state index in [1.165, 1.54) is 0 Å². The lowest BCUT2D eigenvalue weighted by atomic mass is 10.1. The second-order valence-electron chi connectivity index (χ2n) is 6.69. The standard InChI is InChI=1S/C20H19ClN2O4/c1-12-15(21)3-2-4-16(12)23-10-14(8-19(23)24)20(25)22-9-13-5-6-17-18(7-13)27-11-26-17/h2-7,14H,8-11H2,1H3,(H,22,25). The molecule has 27 heavy (non-hydrogen) atoms. The highest BCUT2D eigenvalue weighted by atomic mass is 35.5. The van der Waals surface area contributed by atoms with Crippen molar-refractivity contribution in [3.05, 3.63) is 52.5 Å². The fraction of sp³-hybridized carbons (Fsp3) is 0.300. The molecule has 1 fully saturated rings. The minimum Gasteiger partial charge on any atom is -0.454 e. The highest BCUT2D eigenvalue weighted by molar-refractivity contribution is 6.31. The molecule has 0 aromatic heterocycles. The molecule has 0 bridgehead atoms. The summed E-state index contributed by atoms with van der Waals surface area (Å²) in [5.74, 6) is 0.802. The van der Waals surface area contributed by atoms with Crippen LogP contribution in [-0.2, 0) is 16.1 Å². The first-order valence-corrected chi connectivity index (χ1v) is 9.12. The van der Waals surface area contributed by atoms with Gasteiger partial charge in [0.2, 0.25) is 18.6 Å². The zero-order valence-corrected chi connectivity index (χ0v) is 15.6. The molecule has 6 nitrogen and oxygen atoms in total. The molecule has 2 aromatic carbocycles. The van der Waals surface area contributed by atoms with Crippen molar-refractivity contribution in [3.63, 3.8) is 0 Å². The normalized spacial score (nSPS) is 18.1. The lowest BCUT2D eigenvalue weighted by Crippen LogP contribution is -2.32. The number of hydrogen-bond acceptors (Lipinski definition) is 4. The van der Waals surface area contributed by atoms with Crippen LogP contribution in [0, 0.1) is 12.8 Å². The number of rotatable bonds is 4. The SMILES string of the molecule is Cc1c(Cl)cccc1N1CC(C(=O)NCc2ccc3c(c2)OCO3)CC1=O. The number of ether oxygens (including phenoxy) is 2. The largest absolute Gasteiger partial charge is 0.454 e. The van der Waals surface area contributed by atoms with E-state index in [1.54, 1.807) is 11.0 Å². The van der Waals surface area contributed by atoms with Gasteiger partial charge in [0.15, 0.2) is 11.5 Å². The molecule has 4 rings (SSSR count). The summed E-state index contributed by atoms with van der Waals surface area (Å²) in [7, 11) is 0. The van der Waals surface area contributed by atoms with Crippen LogP contribution in [0.25, 0.3) is 0 Å². The van der Waals surface area contributed by atoms with Crippen molar-refractivity contribution < 1.29 is 19.1 Å². The van der Waals surface area contributed by atoms with Gasteiger partial charge >= 0.3 is 0 Å². The number of nitrogens with one attached hydrogen (secondary N) is 1. The number of hydrogen-bond donors (Lipinski definition) is 1. The second-order valence-corrected chi connectivity index (χ2v) is 7.10. The Morgan fingerprint density at radius 3 is 2.93 bits per heavy atom. The fourth-order valence-electron chi connectivity index (χ4n) is 3.39. The first-order chi connectivity index (χ1) is 13.0. The van der Waals surface area contributed by atoms with Crippen LogP contribution in [0.2, 0.25) is 5.02 Å². The Morgan fingerprint density at radius 1 is 1.26 bits per heavy atom. The van der Waals surface area contributed by atoms with Gasteiger partial charge in [-0.25, -0.2) is 0 Å². The average molecular weight is 387 g/mol. The number of fused-ring (bicyclic) bond motifs is 1. The Bertz CT molecular complexity index is 915. The topological polar surface area (TPSA) is 67.9 Å². The molecule has 2 aliphatic heterocycles. The summed E-state index contributed by atoms with van der Waals surface area (Å²) in [6, 6.07) is 11.0. The van der Waals surface area contributed by atoms with Gasteiger partial charge in [-0.2, -0.15) is 0 Å². The van der Waals surface area contributed by atoms with E-state index in [9.17, 15) is 9.59 Å². The van der Waals surface area contributed by atoms with E-state index in [1.807, 2.05) is 37.3 Å². The molecule has 7 heteroatoms. The Morgan fingerprint density at radius 2 is 2.07 bits per heavy atom. The lowest BCUT2D eigenvalue weighted by Gasteiger charge is -2.19. The van der Waals surface area contributed by atoms with Crippen LogP contribution in [-0.4, -0.2) is 25.2 Å². The van der Waals surface area contributed by atoms with Crippen LogP contribution in [0.5, 0.6) is 11.5 Å². The monoisotopic (exact) mass is 386 g/mol. The van der Waals surface area contributed by atoms with Crippen molar-refractivity contribution in [2.75, 3.05) is 18.2 Å². The molecule has 1 unspecified atom stereocenters. The molecular weight excluding hydrogens is 368 g/mol. The van der Waals surface area contributed by atoms with Gasteiger partial charge in [0.05, 0.1) is 5.92 Å². The maximum atomic E-state index is 12.6. The summed E-state index contributed by atoms with van der Waals surface area (Å²) >= 11 is 6.16.